The first kappa shape index (κ1) is 15.3. The fraction of sp³-hybridized carbons (Fsp3) is 0.533. The number of halogens is 4. The summed E-state index contributed by atoms with van der Waals surface area (Å²) in [5.74, 6) is -1.87. The predicted molar refractivity (Wildman–Crippen MR) is 71.7 cm³/mol. The molecule has 0 unspecified atom stereocenters. The molecule has 0 saturated heterocycles. The second-order valence-corrected chi connectivity index (χ2v) is 6.20. The number of carbonyl (C=O) groups excluding carboxylic acids is 1. The molecule has 2 aliphatic rings. The van der Waals surface area contributed by atoms with Crippen molar-refractivity contribution < 1.29 is 22.4 Å². The minimum atomic E-state index is -4.82. The Kier molecular flexibility index (Phi) is 3.43. The Balaban J connectivity index is 2.00. The van der Waals surface area contributed by atoms with Crippen LogP contribution in [0, 0.1) is 5.82 Å². The van der Waals surface area contributed by atoms with Crippen molar-refractivity contribution in [1.29, 1.82) is 0 Å². The molecule has 1 aromatic rings. The van der Waals surface area contributed by atoms with Crippen LogP contribution in [-0.2, 0) is 19.3 Å². The van der Waals surface area contributed by atoms with Crippen LogP contribution in [0.1, 0.15) is 53.2 Å². The standard InChI is InChI=1S/C15H16F4N2O/c1-14(3-2-4-14)21-6-8-5-9-10(7-20-13(9)22)11(12(8)16)15(17,18)19/h5,21H,2-4,6-7H2,1H3,(H,20,22). The molecule has 1 fully saturated rings. The van der Waals surface area contributed by atoms with Gasteiger partial charge in [0, 0.05) is 29.8 Å². The molecule has 0 radical (unpaired) electrons. The highest BCUT2D eigenvalue weighted by atomic mass is 19.4. The van der Waals surface area contributed by atoms with E-state index in [1.165, 1.54) is 6.07 Å². The van der Waals surface area contributed by atoms with E-state index in [9.17, 15) is 22.4 Å². The summed E-state index contributed by atoms with van der Waals surface area (Å²) >= 11 is 0. The summed E-state index contributed by atoms with van der Waals surface area (Å²) in [7, 11) is 0. The highest BCUT2D eigenvalue weighted by Gasteiger charge is 2.42. The van der Waals surface area contributed by atoms with E-state index in [1.54, 1.807) is 0 Å². The van der Waals surface area contributed by atoms with Gasteiger partial charge in [0.05, 0.1) is 5.56 Å². The monoisotopic (exact) mass is 316 g/mol. The Bertz CT molecular complexity index is 635. The molecule has 3 nitrogen and oxygen atoms in total. The highest BCUT2D eigenvalue weighted by Crippen LogP contribution is 2.39. The van der Waals surface area contributed by atoms with E-state index in [1.807, 2.05) is 6.92 Å². The summed E-state index contributed by atoms with van der Waals surface area (Å²) in [6, 6.07) is 1.23. The van der Waals surface area contributed by atoms with Crippen LogP contribution in [0.4, 0.5) is 17.6 Å². The lowest BCUT2D eigenvalue weighted by Gasteiger charge is -2.39. The maximum absolute atomic E-state index is 14.3. The van der Waals surface area contributed by atoms with Gasteiger partial charge in [-0.25, -0.2) is 4.39 Å². The lowest BCUT2D eigenvalue weighted by Crippen LogP contribution is -2.47. The third-order valence-corrected chi connectivity index (χ3v) is 4.56. The number of hydrogen-bond acceptors (Lipinski definition) is 2. The van der Waals surface area contributed by atoms with Gasteiger partial charge in [-0.05, 0) is 37.8 Å². The molecule has 0 aromatic heterocycles. The van der Waals surface area contributed by atoms with Gasteiger partial charge in [0.15, 0.2) is 0 Å². The van der Waals surface area contributed by atoms with Crippen molar-refractivity contribution in [2.75, 3.05) is 0 Å². The zero-order chi connectivity index (χ0) is 16.1. The van der Waals surface area contributed by atoms with Crippen LogP contribution in [0.2, 0.25) is 0 Å². The minimum Gasteiger partial charge on any atom is -0.348 e. The van der Waals surface area contributed by atoms with Crippen molar-refractivity contribution in [2.24, 2.45) is 0 Å². The number of nitrogens with one attached hydrogen (secondary N) is 2. The van der Waals surface area contributed by atoms with Crippen LogP contribution < -0.4 is 10.6 Å². The van der Waals surface area contributed by atoms with Crippen LogP contribution in [0.5, 0.6) is 0 Å². The van der Waals surface area contributed by atoms with Crippen LogP contribution in [0.3, 0.4) is 0 Å². The maximum atomic E-state index is 14.3. The van der Waals surface area contributed by atoms with Crippen molar-refractivity contribution in [2.45, 2.75) is 51.0 Å². The van der Waals surface area contributed by atoms with E-state index in [0.29, 0.717) is 0 Å². The Labute approximate surface area is 125 Å². The molecule has 0 bridgehead atoms. The van der Waals surface area contributed by atoms with E-state index in [2.05, 4.69) is 10.6 Å². The lowest BCUT2D eigenvalue weighted by atomic mass is 9.78. The van der Waals surface area contributed by atoms with Crippen LogP contribution in [-0.4, -0.2) is 11.4 Å². The molecule has 1 aliphatic heterocycles. The molecule has 2 N–H and O–H groups in total. The average Bonchev–Trinajstić information content (AvgIpc) is 2.73. The molecular formula is C15H16F4N2O. The molecule has 7 heteroatoms. The Morgan fingerprint density at radius 2 is 2.05 bits per heavy atom. The predicted octanol–water partition coefficient (Wildman–Crippen LogP) is 3.12. The molecule has 120 valence electrons. The van der Waals surface area contributed by atoms with E-state index in [0.717, 1.165) is 19.3 Å². The second-order valence-electron chi connectivity index (χ2n) is 6.20. The molecule has 22 heavy (non-hydrogen) atoms. The van der Waals surface area contributed by atoms with E-state index in [4.69, 9.17) is 0 Å². The fourth-order valence-corrected chi connectivity index (χ4v) is 3.02. The molecule has 1 saturated carbocycles. The molecule has 0 atom stereocenters. The normalized spacial score (nSPS) is 19.6. The first-order valence-electron chi connectivity index (χ1n) is 7.16. The Hall–Kier alpha value is -1.63. The van der Waals surface area contributed by atoms with Crippen LogP contribution >= 0.6 is 0 Å². The third kappa shape index (κ3) is 2.47. The van der Waals surface area contributed by atoms with Gasteiger partial charge in [-0.3, -0.25) is 4.79 Å². The van der Waals surface area contributed by atoms with Gasteiger partial charge < -0.3 is 10.6 Å². The van der Waals surface area contributed by atoms with Crippen LogP contribution in [0.15, 0.2) is 6.07 Å². The number of carbonyl (C=O) groups is 1. The van der Waals surface area contributed by atoms with Gasteiger partial charge in [-0.15, -0.1) is 0 Å². The SMILES string of the molecule is CC1(NCc2cc3c(c(C(F)(F)F)c2F)CNC3=O)CCC1. The maximum Gasteiger partial charge on any atom is 0.419 e. The van der Waals surface area contributed by atoms with Crippen LogP contribution in [0.25, 0.3) is 0 Å². The Morgan fingerprint density at radius 3 is 2.59 bits per heavy atom. The van der Waals surface area contributed by atoms with Crippen molar-refractivity contribution in [3.05, 3.63) is 34.1 Å². The fourth-order valence-electron chi connectivity index (χ4n) is 3.02. The van der Waals surface area contributed by atoms with Crippen molar-refractivity contribution in [1.82, 2.24) is 10.6 Å². The number of alkyl halides is 3. The minimum absolute atomic E-state index is 0.0219. The topological polar surface area (TPSA) is 41.1 Å². The summed E-state index contributed by atoms with van der Waals surface area (Å²) in [4.78, 5) is 11.7. The summed E-state index contributed by atoms with van der Waals surface area (Å²) in [5, 5.41) is 5.42. The van der Waals surface area contributed by atoms with Crippen molar-refractivity contribution in [3.8, 4) is 0 Å². The van der Waals surface area contributed by atoms with Gasteiger partial charge in [-0.1, -0.05) is 0 Å². The largest absolute Gasteiger partial charge is 0.419 e. The van der Waals surface area contributed by atoms with Crippen molar-refractivity contribution in [3.63, 3.8) is 0 Å². The summed E-state index contributed by atoms with van der Waals surface area (Å²) < 4.78 is 53.8. The van der Waals surface area contributed by atoms with Gasteiger partial charge >= 0.3 is 6.18 Å². The van der Waals surface area contributed by atoms with E-state index in [-0.39, 0.29) is 35.3 Å². The number of hydrogen-bond donors (Lipinski definition) is 2. The first-order valence-corrected chi connectivity index (χ1v) is 7.16. The Morgan fingerprint density at radius 1 is 1.36 bits per heavy atom. The quantitative estimate of drug-likeness (QED) is 0.841. The van der Waals surface area contributed by atoms with Crippen molar-refractivity contribution >= 4 is 5.91 Å². The van der Waals surface area contributed by atoms with E-state index < -0.39 is 23.5 Å². The smallest absolute Gasteiger partial charge is 0.348 e. The number of fused-ring (bicyclic) bond motifs is 1. The van der Waals surface area contributed by atoms with Gasteiger partial charge in [-0.2, -0.15) is 13.2 Å². The number of benzene rings is 1. The zero-order valence-corrected chi connectivity index (χ0v) is 12.0. The first-order chi connectivity index (χ1) is 10.2. The summed E-state index contributed by atoms with van der Waals surface area (Å²) in [6.07, 6.45) is -1.96. The summed E-state index contributed by atoms with van der Waals surface area (Å²) in [6.45, 7) is 1.65. The van der Waals surface area contributed by atoms with Gasteiger partial charge in [0.1, 0.15) is 5.82 Å². The van der Waals surface area contributed by atoms with Gasteiger partial charge in [0.25, 0.3) is 5.91 Å². The van der Waals surface area contributed by atoms with E-state index >= 15 is 0 Å². The third-order valence-electron chi connectivity index (χ3n) is 4.56. The average molecular weight is 316 g/mol. The second kappa shape index (κ2) is 4.94. The zero-order valence-electron chi connectivity index (χ0n) is 12.0. The molecule has 3 rings (SSSR count). The number of rotatable bonds is 3. The molecule has 1 amide bonds. The molecule has 1 heterocycles. The molecule has 0 spiro atoms. The highest BCUT2D eigenvalue weighted by molar-refractivity contribution is 5.99. The summed E-state index contributed by atoms with van der Waals surface area (Å²) in [5.41, 5.74) is -1.97. The molecule has 1 aliphatic carbocycles. The molecule has 1 aromatic carbocycles. The molecular weight excluding hydrogens is 300 g/mol. The number of amides is 1. The lowest BCUT2D eigenvalue weighted by molar-refractivity contribution is -0.140. The van der Waals surface area contributed by atoms with Gasteiger partial charge in [0.2, 0.25) is 0 Å².